The molecule has 2 aromatic heterocycles. The Hall–Kier alpha value is -3.52. The Labute approximate surface area is 169 Å². The maximum atomic E-state index is 13.7. The van der Waals surface area contributed by atoms with E-state index < -0.39 is 11.7 Å². The lowest BCUT2D eigenvalue weighted by Gasteiger charge is -2.08. The standard InChI is InChI=1S/C20H15ClFN5O2/c1-29-16-4-12(3-15(22)6-16)20-24-7-11(8-25-20)10-27-18-13(9-26-27)2-14(21)5-17(18)19(23)28/h2-9H,10H2,1H3,(H2,23,28). The van der Waals surface area contributed by atoms with Crippen LogP contribution in [0, 0.1) is 5.82 Å². The number of aromatic nitrogens is 4. The number of primary amides is 1. The van der Waals surface area contributed by atoms with Crippen molar-refractivity contribution < 1.29 is 13.9 Å². The maximum absolute atomic E-state index is 13.7. The third-order valence-corrected chi connectivity index (χ3v) is 4.59. The van der Waals surface area contributed by atoms with Crippen molar-refractivity contribution in [2.45, 2.75) is 6.54 Å². The quantitative estimate of drug-likeness (QED) is 0.542. The number of carbonyl (C=O) groups excluding carboxylic acids is 1. The highest BCUT2D eigenvalue weighted by Gasteiger charge is 2.14. The lowest BCUT2D eigenvalue weighted by atomic mass is 10.1. The number of rotatable bonds is 5. The number of methoxy groups -OCH3 is 1. The van der Waals surface area contributed by atoms with Gasteiger partial charge < -0.3 is 10.5 Å². The van der Waals surface area contributed by atoms with Crippen molar-refractivity contribution >= 4 is 28.4 Å². The molecule has 4 aromatic rings. The molecular weight excluding hydrogens is 397 g/mol. The van der Waals surface area contributed by atoms with Crippen LogP contribution >= 0.6 is 11.6 Å². The van der Waals surface area contributed by atoms with Crippen molar-refractivity contribution in [3.8, 4) is 17.1 Å². The summed E-state index contributed by atoms with van der Waals surface area (Å²) >= 11 is 6.05. The lowest BCUT2D eigenvalue weighted by molar-refractivity contribution is 0.100. The van der Waals surface area contributed by atoms with Gasteiger partial charge in [0.15, 0.2) is 5.82 Å². The summed E-state index contributed by atoms with van der Waals surface area (Å²) in [5.74, 6) is -0.284. The van der Waals surface area contributed by atoms with Crippen LogP contribution in [0.25, 0.3) is 22.3 Å². The van der Waals surface area contributed by atoms with E-state index >= 15 is 0 Å². The fourth-order valence-electron chi connectivity index (χ4n) is 3.07. The van der Waals surface area contributed by atoms with Crippen molar-refractivity contribution in [2.75, 3.05) is 7.11 Å². The second-order valence-electron chi connectivity index (χ2n) is 6.35. The van der Waals surface area contributed by atoms with Gasteiger partial charge in [-0.2, -0.15) is 5.10 Å². The summed E-state index contributed by atoms with van der Waals surface area (Å²) in [6.45, 7) is 0.318. The second-order valence-corrected chi connectivity index (χ2v) is 6.79. The fourth-order valence-corrected chi connectivity index (χ4v) is 3.30. The third kappa shape index (κ3) is 3.74. The van der Waals surface area contributed by atoms with Crippen LogP contribution in [0.4, 0.5) is 4.39 Å². The summed E-state index contributed by atoms with van der Waals surface area (Å²) in [6.07, 6.45) is 4.85. The molecule has 9 heteroatoms. The van der Waals surface area contributed by atoms with E-state index in [2.05, 4.69) is 15.1 Å². The highest BCUT2D eigenvalue weighted by molar-refractivity contribution is 6.32. The average molecular weight is 412 g/mol. The first kappa shape index (κ1) is 18.8. The Balaban J connectivity index is 1.66. The molecule has 146 valence electrons. The van der Waals surface area contributed by atoms with E-state index in [0.717, 1.165) is 5.56 Å². The molecule has 0 bridgehead atoms. The lowest BCUT2D eigenvalue weighted by Crippen LogP contribution is -2.14. The van der Waals surface area contributed by atoms with Crippen LogP contribution in [0.1, 0.15) is 15.9 Å². The summed E-state index contributed by atoms with van der Waals surface area (Å²) in [5, 5.41) is 5.43. The molecule has 0 aliphatic carbocycles. The van der Waals surface area contributed by atoms with Crippen LogP contribution in [0.15, 0.2) is 48.9 Å². The van der Waals surface area contributed by atoms with Gasteiger partial charge in [0.25, 0.3) is 5.91 Å². The molecule has 2 aromatic carbocycles. The van der Waals surface area contributed by atoms with Crippen molar-refractivity contribution in [1.29, 1.82) is 0 Å². The summed E-state index contributed by atoms with van der Waals surface area (Å²) in [5.41, 5.74) is 7.60. The molecule has 0 aliphatic rings. The summed E-state index contributed by atoms with van der Waals surface area (Å²) in [4.78, 5) is 20.4. The normalized spacial score (nSPS) is 11.0. The molecule has 2 heterocycles. The first-order valence-corrected chi connectivity index (χ1v) is 8.93. The van der Waals surface area contributed by atoms with Gasteiger partial charge >= 0.3 is 0 Å². The number of amides is 1. The van der Waals surface area contributed by atoms with Gasteiger partial charge in [-0.1, -0.05) is 11.6 Å². The highest BCUT2D eigenvalue weighted by atomic mass is 35.5. The summed E-state index contributed by atoms with van der Waals surface area (Å²) < 4.78 is 20.4. The Morgan fingerprint density at radius 1 is 1.17 bits per heavy atom. The smallest absolute Gasteiger partial charge is 0.250 e. The van der Waals surface area contributed by atoms with Crippen molar-refractivity contribution in [3.63, 3.8) is 0 Å². The van der Waals surface area contributed by atoms with E-state index in [1.165, 1.54) is 25.3 Å². The van der Waals surface area contributed by atoms with Gasteiger partial charge in [-0.05, 0) is 24.3 Å². The van der Waals surface area contributed by atoms with E-state index in [4.69, 9.17) is 22.1 Å². The maximum Gasteiger partial charge on any atom is 0.250 e. The molecule has 1 amide bonds. The molecule has 0 saturated carbocycles. The Morgan fingerprint density at radius 2 is 1.93 bits per heavy atom. The highest BCUT2D eigenvalue weighted by Crippen LogP contribution is 2.25. The second kappa shape index (κ2) is 7.48. The topological polar surface area (TPSA) is 95.9 Å². The van der Waals surface area contributed by atoms with Crippen LogP contribution < -0.4 is 10.5 Å². The van der Waals surface area contributed by atoms with E-state index in [9.17, 15) is 9.18 Å². The van der Waals surface area contributed by atoms with Gasteiger partial charge in [0.05, 0.1) is 30.9 Å². The van der Waals surface area contributed by atoms with Crippen molar-refractivity contribution in [1.82, 2.24) is 19.7 Å². The molecule has 0 aliphatic heterocycles. The minimum absolute atomic E-state index is 0.286. The van der Waals surface area contributed by atoms with Gasteiger partial charge in [-0.15, -0.1) is 0 Å². The van der Waals surface area contributed by atoms with E-state index in [0.29, 0.717) is 39.6 Å². The molecule has 0 spiro atoms. The number of fused-ring (bicyclic) bond motifs is 1. The number of hydrogen-bond donors (Lipinski definition) is 1. The predicted molar refractivity (Wildman–Crippen MR) is 106 cm³/mol. The van der Waals surface area contributed by atoms with Crippen LogP contribution in [0.5, 0.6) is 5.75 Å². The van der Waals surface area contributed by atoms with E-state index in [1.807, 2.05) is 0 Å². The van der Waals surface area contributed by atoms with Gasteiger partial charge in [0.1, 0.15) is 11.6 Å². The monoisotopic (exact) mass is 411 g/mol. The molecule has 7 nitrogen and oxygen atoms in total. The molecule has 0 saturated heterocycles. The number of halogens is 2. The summed E-state index contributed by atoms with van der Waals surface area (Å²) in [7, 11) is 1.46. The summed E-state index contributed by atoms with van der Waals surface area (Å²) in [6, 6.07) is 7.50. The zero-order valence-electron chi connectivity index (χ0n) is 15.3. The zero-order valence-corrected chi connectivity index (χ0v) is 16.0. The largest absolute Gasteiger partial charge is 0.497 e. The van der Waals surface area contributed by atoms with Gasteiger partial charge in [-0.25, -0.2) is 14.4 Å². The van der Waals surface area contributed by atoms with E-state index in [1.54, 1.807) is 35.4 Å². The molecule has 0 fully saturated rings. The Kier molecular flexibility index (Phi) is 4.85. The molecule has 0 radical (unpaired) electrons. The van der Waals surface area contributed by atoms with Gasteiger partial charge in [-0.3, -0.25) is 9.48 Å². The Bertz CT molecular complexity index is 1220. The molecule has 0 unspecified atom stereocenters. The van der Waals surface area contributed by atoms with Crippen molar-refractivity contribution in [2.24, 2.45) is 5.73 Å². The molecule has 2 N–H and O–H groups in total. The SMILES string of the molecule is COc1cc(F)cc(-c2ncc(Cn3ncc4cc(Cl)cc(C(N)=O)c43)cn2)c1. The molecule has 0 atom stereocenters. The van der Waals surface area contributed by atoms with Gasteiger partial charge in [0, 0.05) is 40.0 Å². The minimum atomic E-state index is -0.592. The third-order valence-electron chi connectivity index (χ3n) is 4.37. The zero-order chi connectivity index (χ0) is 20.5. The molecule has 4 rings (SSSR count). The number of nitrogens with zero attached hydrogens (tertiary/aromatic N) is 4. The van der Waals surface area contributed by atoms with Crippen LogP contribution in [-0.2, 0) is 6.54 Å². The predicted octanol–water partition coefficient (Wildman–Crippen LogP) is 3.44. The number of ether oxygens (including phenoxy) is 1. The first-order chi connectivity index (χ1) is 13.9. The number of hydrogen-bond acceptors (Lipinski definition) is 5. The van der Waals surface area contributed by atoms with Gasteiger partial charge in [0.2, 0.25) is 0 Å². The van der Waals surface area contributed by atoms with Crippen molar-refractivity contribution in [3.05, 3.63) is 70.9 Å². The average Bonchev–Trinajstić information content (AvgIpc) is 3.09. The van der Waals surface area contributed by atoms with Crippen LogP contribution in [0.3, 0.4) is 0 Å². The Morgan fingerprint density at radius 3 is 2.62 bits per heavy atom. The van der Waals surface area contributed by atoms with Crippen LogP contribution in [0.2, 0.25) is 5.02 Å². The number of benzene rings is 2. The minimum Gasteiger partial charge on any atom is -0.497 e. The molecule has 29 heavy (non-hydrogen) atoms. The fraction of sp³-hybridized carbons (Fsp3) is 0.100. The van der Waals surface area contributed by atoms with E-state index in [-0.39, 0.29) is 5.56 Å². The number of carbonyl (C=O) groups is 1. The first-order valence-electron chi connectivity index (χ1n) is 8.55. The number of nitrogens with two attached hydrogens (primary N) is 1. The molecular formula is C20H15ClFN5O2. The van der Waals surface area contributed by atoms with Crippen LogP contribution in [-0.4, -0.2) is 32.8 Å².